The van der Waals surface area contributed by atoms with Crippen LogP contribution in [0.3, 0.4) is 0 Å². The lowest BCUT2D eigenvalue weighted by Crippen LogP contribution is -2.28. The van der Waals surface area contributed by atoms with Crippen LogP contribution in [0.4, 0.5) is 14.6 Å². The highest BCUT2D eigenvalue weighted by Gasteiger charge is 2.53. The molecule has 2 N–H and O–H groups in total. The molecule has 3 heterocycles. The summed E-state index contributed by atoms with van der Waals surface area (Å²) in [6.07, 6.45) is -1.32. The monoisotopic (exact) mass is 483 g/mol. The number of rotatable bonds is 6. The van der Waals surface area contributed by atoms with Crippen LogP contribution in [0, 0.1) is 6.92 Å². The maximum atomic E-state index is 13.4. The van der Waals surface area contributed by atoms with Gasteiger partial charge in [0.1, 0.15) is 12.4 Å². The van der Waals surface area contributed by atoms with Crippen LogP contribution < -0.4 is 20.3 Å². The number of amides is 1. The van der Waals surface area contributed by atoms with E-state index in [4.69, 9.17) is 5.11 Å². The predicted molar refractivity (Wildman–Crippen MR) is 118 cm³/mol. The van der Waals surface area contributed by atoms with E-state index in [-0.39, 0.29) is 23.2 Å². The number of halogens is 2. The molecule has 9 nitrogen and oxygen atoms in total. The van der Waals surface area contributed by atoms with E-state index in [2.05, 4.69) is 19.8 Å². The highest BCUT2D eigenvalue weighted by atomic mass is 19.3. The first kappa shape index (κ1) is 22.5. The second-order valence-corrected chi connectivity index (χ2v) is 8.50. The van der Waals surface area contributed by atoms with Gasteiger partial charge < -0.3 is 24.5 Å². The Balaban J connectivity index is 1.39. The fourth-order valence-corrected chi connectivity index (χ4v) is 4.08. The molecule has 0 spiro atoms. The summed E-state index contributed by atoms with van der Waals surface area (Å²) in [6.45, 7) is 1.34. The third kappa shape index (κ3) is 4.20. The van der Waals surface area contributed by atoms with Gasteiger partial charge in [-0.15, -0.1) is 8.78 Å². The third-order valence-corrected chi connectivity index (χ3v) is 6.05. The lowest BCUT2D eigenvalue weighted by molar-refractivity contribution is -0.286. The van der Waals surface area contributed by atoms with Crippen molar-refractivity contribution in [1.29, 1.82) is 0 Å². The summed E-state index contributed by atoms with van der Waals surface area (Å²) >= 11 is 0. The van der Waals surface area contributed by atoms with Crippen LogP contribution in [0.15, 0.2) is 53.5 Å². The lowest BCUT2D eigenvalue weighted by atomic mass is 9.94. The molecule has 1 aliphatic carbocycles. The fourth-order valence-electron chi connectivity index (χ4n) is 4.08. The minimum Gasteiger partial charge on any atom is -0.480 e. The number of nitrogens with zero attached hydrogens (tertiary/aromatic N) is 2. The summed E-state index contributed by atoms with van der Waals surface area (Å²) in [4.78, 5) is 40.8. The number of aromatic nitrogens is 2. The van der Waals surface area contributed by atoms with E-state index in [1.165, 1.54) is 24.4 Å². The number of carboxylic acid groups (broad SMARTS) is 1. The summed E-state index contributed by atoms with van der Waals surface area (Å²) in [5.74, 6) is -1.44. The molecule has 2 aliphatic rings. The molecule has 0 bridgehead atoms. The van der Waals surface area contributed by atoms with Crippen LogP contribution in [0.5, 0.6) is 11.5 Å². The molecule has 1 amide bonds. The Morgan fingerprint density at radius 2 is 1.86 bits per heavy atom. The number of hydrogen-bond donors (Lipinski definition) is 2. The first-order chi connectivity index (χ1) is 16.6. The molecule has 3 aromatic rings. The van der Waals surface area contributed by atoms with Crippen molar-refractivity contribution >= 4 is 17.7 Å². The topological polar surface area (TPSA) is 120 Å². The molecule has 11 heteroatoms. The Hall–Kier alpha value is -4.28. The van der Waals surface area contributed by atoms with E-state index in [9.17, 15) is 23.2 Å². The third-order valence-electron chi connectivity index (χ3n) is 6.05. The molecule has 2 aromatic heterocycles. The van der Waals surface area contributed by atoms with Crippen LogP contribution in [-0.2, 0) is 21.5 Å². The maximum Gasteiger partial charge on any atom is 0.586 e. The first-order valence-electron chi connectivity index (χ1n) is 10.7. The van der Waals surface area contributed by atoms with Gasteiger partial charge >= 0.3 is 12.3 Å². The molecule has 1 aromatic carbocycles. The van der Waals surface area contributed by atoms with Gasteiger partial charge in [0.2, 0.25) is 5.91 Å². The van der Waals surface area contributed by atoms with Crippen molar-refractivity contribution in [2.75, 3.05) is 5.32 Å². The zero-order valence-electron chi connectivity index (χ0n) is 18.4. The Labute approximate surface area is 196 Å². The number of pyridine rings is 2. The number of alkyl halides is 2. The molecular formula is C24H19F2N3O6. The highest BCUT2D eigenvalue weighted by Crippen LogP contribution is 2.52. The van der Waals surface area contributed by atoms with Crippen LogP contribution in [0.25, 0.3) is 11.3 Å². The molecule has 0 saturated heterocycles. The van der Waals surface area contributed by atoms with Gasteiger partial charge in [-0.05, 0) is 55.2 Å². The Morgan fingerprint density at radius 1 is 1.11 bits per heavy atom. The Bertz CT molecular complexity index is 1430. The Kier molecular flexibility index (Phi) is 5.08. The zero-order valence-corrected chi connectivity index (χ0v) is 18.4. The van der Waals surface area contributed by atoms with Gasteiger partial charge in [-0.25, -0.2) is 4.98 Å². The number of ether oxygens (including phenoxy) is 2. The number of carboxylic acids is 1. The number of carbonyl (C=O) groups is 2. The van der Waals surface area contributed by atoms with E-state index < -0.39 is 29.8 Å². The van der Waals surface area contributed by atoms with E-state index in [0.29, 0.717) is 29.7 Å². The number of nitrogens with one attached hydrogen (secondary N) is 1. The molecule has 5 rings (SSSR count). The van der Waals surface area contributed by atoms with Crippen LogP contribution in [0.1, 0.15) is 24.0 Å². The first-order valence-corrected chi connectivity index (χ1v) is 10.7. The SMILES string of the molecule is Cc1ccc(NC(=O)C2(c3ccc4c(c3)OC(F)(F)O4)CC2)nc1-c1ccn(CC(=O)O)c(=O)c1. The Morgan fingerprint density at radius 3 is 2.54 bits per heavy atom. The summed E-state index contributed by atoms with van der Waals surface area (Å²) < 4.78 is 36.7. The normalized spacial score (nSPS) is 16.5. The molecule has 0 unspecified atom stereocenters. The standard InChI is InChI=1S/C24H19F2N3O6/c1-13-2-5-18(27-21(13)14-6-9-29(12-20(31)32)19(30)10-14)28-22(33)23(7-8-23)15-3-4-16-17(11-15)35-24(25,26)34-16/h2-6,9-11H,7-8,12H2,1H3,(H,31,32)(H,27,28,33). The van der Waals surface area contributed by atoms with Crippen molar-refractivity contribution in [2.24, 2.45) is 0 Å². The van der Waals surface area contributed by atoms with E-state index in [0.717, 1.165) is 10.1 Å². The second kappa shape index (κ2) is 7.90. The largest absolute Gasteiger partial charge is 0.586 e. The lowest BCUT2D eigenvalue weighted by Gasteiger charge is -2.17. The van der Waals surface area contributed by atoms with Crippen molar-refractivity contribution in [2.45, 2.75) is 38.0 Å². The van der Waals surface area contributed by atoms with Gasteiger partial charge in [0.05, 0.1) is 11.1 Å². The van der Waals surface area contributed by atoms with Crippen LogP contribution in [0.2, 0.25) is 0 Å². The second-order valence-electron chi connectivity index (χ2n) is 8.50. The quantitative estimate of drug-likeness (QED) is 0.552. The van der Waals surface area contributed by atoms with Crippen molar-refractivity contribution in [3.05, 3.63) is 70.1 Å². The highest BCUT2D eigenvalue weighted by molar-refractivity contribution is 6.01. The van der Waals surface area contributed by atoms with E-state index in [1.54, 1.807) is 31.2 Å². The van der Waals surface area contributed by atoms with Crippen molar-refractivity contribution in [3.63, 3.8) is 0 Å². The number of carbonyl (C=O) groups excluding carboxylic acids is 1. The molecule has 1 fully saturated rings. The maximum absolute atomic E-state index is 13.4. The minimum absolute atomic E-state index is 0.0925. The van der Waals surface area contributed by atoms with Crippen LogP contribution in [-0.4, -0.2) is 32.8 Å². The van der Waals surface area contributed by atoms with Gasteiger partial charge in [0.25, 0.3) is 5.56 Å². The van der Waals surface area contributed by atoms with Crippen molar-refractivity contribution < 1.29 is 33.0 Å². The van der Waals surface area contributed by atoms with Crippen LogP contribution >= 0.6 is 0 Å². The molecule has 1 saturated carbocycles. The number of aryl methyl sites for hydroxylation is 1. The summed E-state index contributed by atoms with van der Waals surface area (Å²) in [6, 6.07) is 10.5. The number of hydrogen-bond acceptors (Lipinski definition) is 6. The smallest absolute Gasteiger partial charge is 0.480 e. The average Bonchev–Trinajstić information content (AvgIpc) is 3.53. The van der Waals surface area contributed by atoms with Crippen molar-refractivity contribution in [1.82, 2.24) is 9.55 Å². The van der Waals surface area contributed by atoms with Crippen molar-refractivity contribution in [3.8, 4) is 22.8 Å². The molecular weight excluding hydrogens is 464 g/mol. The average molecular weight is 483 g/mol. The number of anilines is 1. The molecule has 0 radical (unpaired) electrons. The molecule has 180 valence electrons. The minimum atomic E-state index is -3.74. The molecule has 1 aliphatic heterocycles. The summed E-state index contributed by atoms with van der Waals surface area (Å²) in [5.41, 5.74) is 0.812. The number of benzene rings is 1. The van der Waals surface area contributed by atoms with Gasteiger partial charge in [-0.3, -0.25) is 14.4 Å². The summed E-state index contributed by atoms with van der Waals surface area (Å²) in [7, 11) is 0. The fraction of sp³-hybridized carbons (Fsp3) is 0.250. The summed E-state index contributed by atoms with van der Waals surface area (Å²) in [5, 5.41) is 11.7. The van der Waals surface area contributed by atoms with Gasteiger partial charge in [-0.2, -0.15) is 0 Å². The zero-order chi connectivity index (χ0) is 25.0. The van der Waals surface area contributed by atoms with Gasteiger partial charge in [0, 0.05) is 17.8 Å². The molecule has 0 atom stereocenters. The van der Waals surface area contributed by atoms with Gasteiger partial charge in [0.15, 0.2) is 11.5 Å². The predicted octanol–water partition coefficient (Wildman–Crippen LogP) is 3.30. The van der Waals surface area contributed by atoms with E-state index >= 15 is 0 Å². The van der Waals surface area contributed by atoms with Gasteiger partial charge in [-0.1, -0.05) is 12.1 Å². The number of fused-ring (bicyclic) bond motifs is 1. The molecule has 35 heavy (non-hydrogen) atoms. The number of aliphatic carboxylic acids is 1. The van der Waals surface area contributed by atoms with E-state index in [1.807, 2.05) is 0 Å².